The number of anilines is 1. The lowest BCUT2D eigenvalue weighted by atomic mass is 10.1. The zero-order chi connectivity index (χ0) is 25.1. The number of alkyl halides is 1. The van der Waals surface area contributed by atoms with Crippen molar-refractivity contribution in [2.45, 2.75) is 26.2 Å². The summed E-state index contributed by atoms with van der Waals surface area (Å²) in [4.78, 5) is 26.5. The second-order valence-corrected chi connectivity index (χ2v) is 9.34. The van der Waals surface area contributed by atoms with E-state index in [1.165, 1.54) is 12.1 Å². The summed E-state index contributed by atoms with van der Waals surface area (Å²) in [7, 11) is 0. The Hall–Kier alpha value is -3.52. The fourth-order valence-electron chi connectivity index (χ4n) is 4.67. The lowest BCUT2D eigenvalue weighted by Crippen LogP contribution is -2.35. The Morgan fingerprint density at radius 2 is 1.78 bits per heavy atom. The molecule has 1 aliphatic heterocycles. The molecule has 36 heavy (non-hydrogen) atoms. The molecular weight excluding hydrogens is 479 g/mol. The number of carbonyl (C=O) groups is 1. The van der Waals surface area contributed by atoms with Gasteiger partial charge in [0.2, 0.25) is 5.91 Å². The van der Waals surface area contributed by atoms with Gasteiger partial charge in [-0.2, -0.15) is 5.10 Å². The van der Waals surface area contributed by atoms with Crippen molar-refractivity contribution in [1.82, 2.24) is 24.6 Å². The first-order valence-corrected chi connectivity index (χ1v) is 12.7. The Morgan fingerprint density at radius 3 is 2.53 bits per heavy atom. The number of benzene rings is 2. The van der Waals surface area contributed by atoms with Crippen molar-refractivity contribution >= 4 is 34.4 Å². The van der Waals surface area contributed by atoms with Crippen LogP contribution in [0.1, 0.15) is 29.9 Å². The van der Waals surface area contributed by atoms with Crippen LogP contribution in [0.25, 0.3) is 16.7 Å². The first-order valence-electron chi connectivity index (χ1n) is 12.2. The van der Waals surface area contributed by atoms with E-state index in [0.717, 1.165) is 41.1 Å². The van der Waals surface area contributed by atoms with Crippen LogP contribution in [0.4, 0.5) is 10.2 Å². The molecule has 0 atom stereocenters. The van der Waals surface area contributed by atoms with E-state index in [0.29, 0.717) is 49.8 Å². The molecule has 2 aromatic carbocycles. The highest BCUT2D eigenvalue weighted by Gasteiger charge is 2.25. The minimum absolute atomic E-state index is 0.0877. The first kappa shape index (κ1) is 24.2. The quantitative estimate of drug-likeness (QED) is 0.360. The molecule has 1 amide bonds. The molecular formula is C27H28ClFN6O. The van der Waals surface area contributed by atoms with E-state index in [4.69, 9.17) is 26.7 Å². The molecule has 0 aliphatic carbocycles. The van der Waals surface area contributed by atoms with Crippen LogP contribution >= 0.6 is 11.6 Å². The van der Waals surface area contributed by atoms with Crippen LogP contribution in [0.3, 0.4) is 0 Å². The smallest absolute Gasteiger partial charge is 0.223 e. The molecule has 5 rings (SSSR count). The molecule has 1 saturated heterocycles. The molecule has 0 N–H and O–H groups in total. The van der Waals surface area contributed by atoms with Gasteiger partial charge in [0.25, 0.3) is 0 Å². The monoisotopic (exact) mass is 506 g/mol. The number of fused-ring (bicyclic) bond motifs is 1. The van der Waals surface area contributed by atoms with Gasteiger partial charge < -0.3 is 9.80 Å². The summed E-state index contributed by atoms with van der Waals surface area (Å²) in [6, 6.07) is 16.4. The third-order valence-corrected chi connectivity index (χ3v) is 6.65. The molecule has 0 radical (unpaired) electrons. The Balaban J connectivity index is 1.58. The third-order valence-electron chi connectivity index (χ3n) is 6.46. The highest BCUT2D eigenvalue weighted by molar-refractivity contribution is 6.18. The number of aryl methyl sites for hydroxylation is 1. The molecule has 0 bridgehead atoms. The van der Waals surface area contributed by atoms with E-state index in [2.05, 4.69) is 17.0 Å². The molecule has 0 spiro atoms. The lowest BCUT2D eigenvalue weighted by Gasteiger charge is -2.24. The van der Waals surface area contributed by atoms with Gasteiger partial charge >= 0.3 is 0 Å². The normalized spacial score (nSPS) is 14.3. The predicted molar refractivity (Wildman–Crippen MR) is 139 cm³/mol. The standard InChI is InChI=1S/C27H28ClFN6O/c1-19-25-26(34-15-5-14-33(16-17-34)24(36)12-13-28)30-23(18-20-6-3-2-4-7-20)31-27(25)35(32-19)22-10-8-21(29)9-11-22/h2-4,6-11H,5,12-18H2,1H3. The van der Waals surface area contributed by atoms with Crippen LogP contribution in [0.15, 0.2) is 54.6 Å². The summed E-state index contributed by atoms with van der Waals surface area (Å²) < 4.78 is 15.4. The fourth-order valence-corrected chi connectivity index (χ4v) is 4.83. The maximum Gasteiger partial charge on any atom is 0.223 e. The molecule has 4 aromatic rings. The number of halogens is 2. The summed E-state index contributed by atoms with van der Waals surface area (Å²) >= 11 is 5.80. The van der Waals surface area contributed by atoms with Crippen LogP contribution in [-0.4, -0.2) is 62.6 Å². The average Bonchev–Trinajstić information content (AvgIpc) is 3.05. The van der Waals surface area contributed by atoms with Crippen molar-refractivity contribution < 1.29 is 9.18 Å². The van der Waals surface area contributed by atoms with Gasteiger partial charge in [0.15, 0.2) is 5.65 Å². The van der Waals surface area contributed by atoms with Gasteiger partial charge in [-0.25, -0.2) is 19.0 Å². The van der Waals surface area contributed by atoms with Gasteiger partial charge in [-0.15, -0.1) is 11.6 Å². The van der Waals surface area contributed by atoms with Crippen LogP contribution in [0.2, 0.25) is 0 Å². The van der Waals surface area contributed by atoms with Crippen LogP contribution < -0.4 is 4.90 Å². The summed E-state index contributed by atoms with van der Waals surface area (Å²) in [5, 5.41) is 5.64. The van der Waals surface area contributed by atoms with Crippen molar-refractivity contribution in [3.05, 3.63) is 77.5 Å². The van der Waals surface area contributed by atoms with E-state index in [-0.39, 0.29) is 11.7 Å². The lowest BCUT2D eigenvalue weighted by molar-refractivity contribution is -0.130. The Kier molecular flexibility index (Phi) is 7.13. The van der Waals surface area contributed by atoms with Crippen LogP contribution in [0, 0.1) is 12.7 Å². The Morgan fingerprint density at radius 1 is 1.00 bits per heavy atom. The minimum Gasteiger partial charge on any atom is -0.354 e. The van der Waals surface area contributed by atoms with Gasteiger partial charge in [-0.1, -0.05) is 30.3 Å². The zero-order valence-electron chi connectivity index (χ0n) is 20.2. The number of aromatic nitrogens is 4. The average molecular weight is 507 g/mol. The molecule has 7 nitrogen and oxygen atoms in total. The maximum atomic E-state index is 13.6. The second kappa shape index (κ2) is 10.6. The van der Waals surface area contributed by atoms with Crippen LogP contribution in [0.5, 0.6) is 0 Å². The summed E-state index contributed by atoms with van der Waals surface area (Å²) in [6.45, 7) is 4.68. The SMILES string of the molecule is Cc1nn(-c2ccc(F)cc2)c2nc(Cc3ccccc3)nc(N3CCCN(C(=O)CCCl)CC3)c12. The van der Waals surface area contributed by atoms with Gasteiger partial charge in [-0.3, -0.25) is 4.79 Å². The molecule has 9 heteroatoms. The number of carbonyl (C=O) groups excluding carboxylic acids is 1. The highest BCUT2D eigenvalue weighted by atomic mass is 35.5. The molecule has 2 aromatic heterocycles. The van der Waals surface area contributed by atoms with Crippen molar-refractivity contribution in [2.24, 2.45) is 0 Å². The second-order valence-electron chi connectivity index (χ2n) is 8.96. The predicted octanol–water partition coefficient (Wildman–Crippen LogP) is 4.52. The number of rotatable bonds is 6. The van der Waals surface area contributed by atoms with E-state index in [1.54, 1.807) is 16.8 Å². The summed E-state index contributed by atoms with van der Waals surface area (Å²) in [5.41, 5.74) is 3.34. The molecule has 1 fully saturated rings. The van der Waals surface area contributed by atoms with Crippen molar-refractivity contribution in [1.29, 1.82) is 0 Å². The minimum atomic E-state index is -0.301. The van der Waals surface area contributed by atoms with E-state index in [1.807, 2.05) is 30.0 Å². The number of amides is 1. The molecule has 0 unspecified atom stereocenters. The van der Waals surface area contributed by atoms with Crippen molar-refractivity contribution in [2.75, 3.05) is 37.0 Å². The van der Waals surface area contributed by atoms with Crippen molar-refractivity contribution in [3.63, 3.8) is 0 Å². The van der Waals surface area contributed by atoms with Gasteiger partial charge in [0.1, 0.15) is 17.5 Å². The molecule has 0 saturated carbocycles. The Labute approximate surface area is 214 Å². The van der Waals surface area contributed by atoms with Gasteiger partial charge in [0.05, 0.1) is 16.8 Å². The largest absolute Gasteiger partial charge is 0.354 e. The molecule has 3 heterocycles. The first-order chi connectivity index (χ1) is 17.5. The maximum absolute atomic E-state index is 13.6. The van der Waals surface area contributed by atoms with E-state index in [9.17, 15) is 9.18 Å². The molecule has 186 valence electrons. The third kappa shape index (κ3) is 5.04. The van der Waals surface area contributed by atoms with E-state index >= 15 is 0 Å². The molecule has 1 aliphatic rings. The summed E-state index contributed by atoms with van der Waals surface area (Å²) in [6.07, 6.45) is 1.76. The summed E-state index contributed by atoms with van der Waals surface area (Å²) in [5.74, 6) is 1.63. The number of hydrogen-bond acceptors (Lipinski definition) is 5. The van der Waals surface area contributed by atoms with Crippen LogP contribution in [-0.2, 0) is 11.2 Å². The van der Waals surface area contributed by atoms with Crippen molar-refractivity contribution in [3.8, 4) is 5.69 Å². The highest BCUT2D eigenvalue weighted by Crippen LogP contribution is 2.30. The zero-order valence-corrected chi connectivity index (χ0v) is 21.0. The fraction of sp³-hybridized carbons (Fsp3) is 0.333. The number of hydrogen-bond donors (Lipinski definition) is 0. The number of nitrogens with zero attached hydrogens (tertiary/aromatic N) is 6. The van der Waals surface area contributed by atoms with E-state index < -0.39 is 0 Å². The Bertz CT molecular complexity index is 1360. The topological polar surface area (TPSA) is 67.2 Å². The van der Waals surface area contributed by atoms with Gasteiger partial charge in [0, 0.05) is 44.9 Å². The van der Waals surface area contributed by atoms with Gasteiger partial charge in [-0.05, 0) is 43.2 Å².